The molecule has 0 atom stereocenters. The first kappa shape index (κ1) is 14.6. The molecule has 0 aliphatic rings. The van der Waals surface area contributed by atoms with Crippen molar-refractivity contribution in [3.05, 3.63) is 60.7 Å². The van der Waals surface area contributed by atoms with E-state index in [0.29, 0.717) is 4.90 Å². The Bertz CT molecular complexity index is 926. The predicted octanol–water partition coefficient (Wildman–Crippen LogP) is 3.92. The molecular weight excluding hydrogens is 296 g/mol. The molecule has 22 heavy (non-hydrogen) atoms. The van der Waals surface area contributed by atoms with E-state index in [2.05, 4.69) is 6.07 Å². The molecular formula is C18H16O3S. The van der Waals surface area contributed by atoms with E-state index in [1.807, 2.05) is 42.5 Å². The van der Waals surface area contributed by atoms with Crippen molar-refractivity contribution in [2.75, 3.05) is 13.4 Å². The summed E-state index contributed by atoms with van der Waals surface area (Å²) in [6.07, 6.45) is 1.21. The minimum Gasteiger partial charge on any atom is -0.497 e. The van der Waals surface area contributed by atoms with Crippen molar-refractivity contribution in [3.63, 3.8) is 0 Å². The Morgan fingerprint density at radius 1 is 0.773 bits per heavy atom. The van der Waals surface area contributed by atoms with E-state index >= 15 is 0 Å². The number of methoxy groups -OCH3 is 1. The summed E-state index contributed by atoms with van der Waals surface area (Å²) in [6.45, 7) is 0. The highest BCUT2D eigenvalue weighted by molar-refractivity contribution is 7.90. The number of ether oxygens (including phenoxy) is 1. The Morgan fingerprint density at radius 3 is 2.00 bits per heavy atom. The molecule has 0 aliphatic carbocycles. The number of hydrogen-bond acceptors (Lipinski definition) is 3. The molecule has 3 nitrogen and oxygen atoms in total. The van der Waals surface area contributed by atoms with E-state index in [9.17, 15) is 8.42 Å². The molecule has 0 bridgehead atoms. The zero-order valence-corrected chi connectivity index (χ0v) is 13.2. The normalized spacial score (nSPS) is 11.5. The van der Waals surface area contributed by atoms with E-state index in [-0.39, 0.29) is 0 Å². The van der Waals surface area contributed by atoms with Crippen molar-refractivity contribution in [1.82, 2.24) is 0 Å². The minimum atomic E-state index is -3.16. The topological polar surface area (TPSA) is 43.4 Å². The third kappa shape index (κ3) is 2.83. The van der Waals surface area contributed by atoms with Gasteiger partial charge in [0.05, 0.1) is 12.0 Å². The highest BCUT2D eigenvalue weighted by Crippen LogP contribution is 2.27. The van der Waals surface area contributed by atoms with E-state index in [1.165, 1.54) is 6.26 Å². The molecule has 0 saturated carbocycles. The standard InChI is InChI=1S/C18H16O3S/c1-21-17-8-5-15-11-14(3-4-16(15)12-17)13-6-9-18(10-7-13)22(2,19)20/h3-12H,1-2H3. The smallest absolute Gasteiger partial charge is 0.175 e. The van der Waals surface area contributed by atoms with E-state index in [0.717, 1.165) is 27.6 Å². The van der Waals surface area contributed by atoms with Crippen LogP contribution in [0.1, 0.15) is 0 Å². The number of hydrogen-bond donors (Lipinski definition) is 0. The van der Waals surface area contributed by atoms with Gasteiger partial charge in [0, 0.05) is 6.26 Å². The summed E-state index contributed by atoms with van der Waals surface area (Å²) in [5, 5.41) is 2.22. The first-order valence-corrected chi connectivity index (χ1v) is 8.75. The van der Waals surface area contributed by atoms with Crippen LogP contribution >= 0.6 is 0 Å². The molecule has 3 aromatic rings. The van der Waals surface area contributed by atoms with Crippen LogP contribution < -0.4 is 4.74 Å². The molecule has 112 valence electrons. The fraction of sp³-hybridized carbons (Fsp3) is 0.111. The summed E-state index contributed by atoms with van der Waals surface area (Å²) >= 11 is 0. The Labute approximate surface area is 130 Å². The van der Waals surface area contributed by atoms with Gasteiger partial charge in [-0.25, -0.2) is 8.42 Å². The third-order valence-electron chi connectivity index (χ3n) is 3.66. The van der Waals surface area contributed by atoms with Crippen molar-refractivity contribution in [2.24, 2.45) is 0 Å². The van der Waals surface area contributed by atoms with Crippen LogP contribution in [0.5, 0.6) is 5.75 Å². The molecule has 0 spiro atoms. The van der Waals surface area contributed by atoms with Crippen molar-refractivity contribution in [1.29, 1.82) is 0 Å². The van der Waals surface area contributed by atoms with Crippen molar-refractivity contribution in [2.45, 2.75) is 4.90 Å². The molecule has 0 amide bonds. The maximum atomic E-state index is 11.5. The lowest BCUT2D eigenvalue weighted by Crippen LogP contribution is -1.96. The van der Waals surface area contributed by atoms with Crippen LogP contribution in [-0.4, -0.2) is 21.8 Å². The average molecular weight is 312 g/mol. The lowest BCUT2D eigenvalue weighted by atomic mass is 10.0. The van der Waals surface area contributed by atoms with Crippen LogP contribution in [0.2, 0.25) is 0 Å². The molecule has 0 unspecified atom stereocenters. The van der Waals surface area contributed by atoms with Gasteiger partial charge in [-0.15, -0.1) is 0 Å². The molecule has 0 saturated heterocycles. The van der Waals surface area contributed by atoms with E-state index < -0.39 is 9.84 Å². The quantitative estimate of drug-likeness (QED) is 0.736. The van der Waals surface area contributed by atoms with Crippen molar-refractivity contribution in [3.8, 4) is 16.9 Å². The summed E-state index contributed by atoms with van der Waals surface area (Å²) in [5.41, 5.74) is 2.04. The molecule has 3 rings (SSSR count). The highest BCUT2D eigenvalue weighted by atomic mass is 32.2. The van der Waals surface area contributed by atoms with Crippen molar-refractivity contribution < 1.29 is 13.2 Å². The van der Waals surface area contributed by atoms with Gasteiger partial charge >= 0.3 is 0 Å². The van der Waals surface area contributed by atoms with Crippen LogP contribution in [0.15, 0.2) is 65.6 Å². The average Bonchev–Trinajstić information content (AvgIpc) is 2.53. The van der Waals surface area contributed by atoms with Gasteiger partial charge in [-0.05, 0) is 52.2 Å². The van der Waals surface area contributed by atoms with Gasteiger partial charge in [-0.1, -0.05) is 30.3 Å². The lowest BCUT2D eigenvalue weighted by molar-refractivity contribution is 0.415. The SMILES string of the molecule is COc1ccc2cc(-c3ccc(S(C)(=O)=O)cc3)ccc2c1. The second kappa shape index (κ2) is 5.46. The summed E-state index contributed by atoms with van der Waals surface area (Å²) in [7, 11) is -1.51. The second-order valence-corrected chi connectivity index (χ2v) is 7.24. The molecule has 0 N–H and O–H groups in total. The largest absolute Gasteiger partial charge is 0.497 e. The number of benzene rings is 3. The number of fused-ring (bicyclic) bond motifs is 1. The summed E-state index contributed by atoms with van der Waals surface area (Å²) in [5.74, 6) is 0.831. The molecule has 0 heterocycles. The summed E-state index contributed by atoms with van der Waals surface area (Å²) in [6, 6.07) is 19.0. The van der Waals surface area contributed by atoms with Gasteiger partial charge in [0.1, 0.15) is 5.75 Å². The third-order valence-corrected chi connectivity index (χ3v) is 4.79. The zero-order chi connectivity index (χ0) is 15.7. The Balaban J connectivity index is 2.03. The number of sulfone groups is 1. The first-order valence-electron chi connectivity index (χ1n) is 6.86. The molecule has 3 aromatic carbocycles. The minimum absolute atomic E-state index is 0.335. The van der Waals surface area contributed by atoms with Crippen LogP contribution in [0, 0.1) is 0 Å². The molecule has 0 radical (unpaired) electrons. The van der Waals surface area contributed by atoms with Crippen LogP contribution in [0.3, 0.4) is 0 Å². The van der Waals surface area contributed by atoms with Gasteiger partial charge in [0.15, 0.2) is 9.84 Å². The molecule has 0 aliphatic heterocycles. The van der Waals surface area contributed by atoms with Crippen LogP contribution in [0.4, 0.5) is 0 Å². The van der Waals surface area contributed by atoms with Crippen molar-refractivity contribution >= 4 is 20.6 Å². The predicted molar refractivity (Wildman–Crippen MR) is 89.0 cm³/mol. The molecule has 0 fully saturated rings. The molecule has 4 heteroatoms. The van der Waals surface area contributed by atoms with Crippen LogP contribution in [-0.2, 0) is 9.84 Å². The van der Waals surface area contributed by atoms with Gasteiger partial charge in [0.2, 0.25) is 0 Å². The van der Waals surface area contributed by atoms with Gasteiger partial charge in [-0.2, -0.15) is 0 Å². The first-order chi connectivity index (χ1) is 10.5. The summed E-state index contributed by atoms with van der Waals surface area (Å²) < 4.78 is 28.2. The van der Waals surface area contributed by atoms with Gasteiger partial charge in [-0.3, -0.25) is 0 Å². The zero-order valence-electron chi connectivity index (χ0n) is 12.4. The fourth-order valence-corrected chi connectivity index (χ4v) is 3.06. The Morgan fingerprint density at radius 2 is 1.36 bits per heavy atom. The fourth-order valence-electron chi connectivity index (χ4n) is 2.42. The van der Waals surface area contributed by atoms with E-state index in [4.69, 9.17) is 4.74 Å². The Hall–Kier alpha value is -2.33. The van der Waals surface area contributed by atoms with Gasteiger partial charge in [0.25, 0.3) is 0 Å². The monoisotopic (exact) mass is 312 g/mol. The summed E-state index contributed by atoms with van der Waals surface area (Å²) in [4.78, 5) is 0.335. The molecule has 0 aromatic heterocycles. The van der Waals surface area contributed by atoms with Gasteiger partial charge < -0.3 is 4.74 Å². The Kier molecular flexibility index (Phi) is 3.62. The maximum absolute atomic E-state index is 11.5. The van der Waals surface area contributed by atoms with Crippen LogP contribution in [0.25, 0.3) is 21.9 Å². The second-order valence-electron chi connectivity index (χ2n) is 5.22. The highest BCUT2D eigenvalue weighted by Gasteiger charge is 2.07. The lowest BCUT2D eigenvalue weighted by Gasteiger charge is -2.07. The number of rotatable bonds is 3. The maximum Gasteiger partial charge on any atom is 0.175 e. The van der Waals surface area contributed by atoms with E-state index in [1.54, 1.807) is 19.2 Å².